The molecule has 2 unspecified atom stereocenters. The van der Waals surface area contributed by atoms with Crippen LogP contribution in [0.15, 0.2) is 6.07 Å². The molecule has 0 amide bonds. The smallest absolute Gasteiger partial charge is 0.0624 e. The van der Waals surface area contributed by atoms with Gasteiger partial charge in [-0.05, 0) is 30.9 Å². The van der Waals surface area contributed by atoms with Crippen LogP contribution in [0.25, 0.3) is 0 Å². The van der Waals surface area contributed by atoms with E-state index in [1.165, 1.54) is 11.4 Å². The van der Waals surface area contributed by atoms with Gasteiger partial charge in [-0.15, -0.1) is 0 Å². The van der Waals surface area contributed by atoms with E-state index >= 15 is 0 Å². The van der Waals surface area contributed by atoms with Crippen LogP contribution < -0.4 is 5.32 Å². The van der Waals surface area contributed by atoms with E-state index in [-0.39, 0.29) is 0 Å². The van der Waals surface area contributed by atoms with Gasteiger partial charge in [0.1, 0.15) is 0 Å². The molecular formula is C15H29N3. The zero-order chi connectivity index (χ0) is 13.7. The molecule has 0 aliphatic carbocycles. The van der Waals surface area contributed by atoms with E-state index < -0.39 is 0 Å². The summed E-state index contributed by atoms with van der Waals surface area (Å²) in [5.74, 6) is 1.37. The second-order valence-corrected chi connectivity index (χ2v) is 5.58. The Morgan fingerprint density at radius 3 is 2.39 bits per heavy atom. The summed E-state index contributed by atoms with van der Waals surface area (Å²) in [7, 11) is 2.05. The Morgan fingerprint density at radius 1 is 1.28 bits per heavy atom. The van der Waals surface area contributed by atoms with Crippen LogP contribution in [-0.2, 0) is 19.9 Å². The van der Waals surface area contributed by atoms with Crippen LogP contribution in [0.1, 0.15) is 46.0 Å². The number of rotatable bonds is 7. The van der Waals surface area contributed by atoms with Crippen LogP contribution in [0.3, 0.4) is 0 Å². The van der Waals surface area contributed by atoms with Crippen LogP contribution >= 0.6 is 0 Å². The second kappa shape index (κ2) is 6.93. The molecule has 1 rings (SSSR count). The van der Waals surface area contributed by atoms with E-state index in [1.54, 1.807) is 0 Å². The minimum absolute atomic E-state index is 0.537. The van der Waals surface area contributed by atoms with Gasteiger partial charge in [0.25, 0.3) is 0 Å². The summed E-state index contributed by atoms with van der Waals surface area (Å²) < 4.78 is 2.04. The van der Waals surface area contributed by atoms with E-state index in [0.29, 0.717) is 17.9 Å². The van der Waals surface area contributed by atoms with Crippen molar-refractivity contribution < 1.29 is 0 Å². The van der Waals surface area contributed by atoms with Gasteiger partial charge in [-0.25, -0.2) is 0 Å². The molecule has 0 saturated carbocycles. The quantitative estimate of drug-likeness (QED) is 0.807. The maximum atomic E-state index is 4.54. The summed E-state index contributed by atoms with van der Waals surface area (Å²) in [6.07, 6.45) is 2.08. The van der Waals surface area contributed by atoms with Gasteiger partial charge in [-0.2, -0.15) is 5.10 Å². The molecule has 0 spiro atoms. The third kappa shape index (κ3) is 3.84. The second-order valence-electron chi connectivity index (χ2n) is 5.58. The first kappa shape index (κ1) is 15.2. The van der Waals surface area contributed by atoms with Crippen molar-refractivity contribution in [1.82, 2.24) is 15.1 Å². The lowest BCUT2D eigenvalue weighted by atomic mass is 9.87. The summed E-state index contributed by atoms with van der Waals surface area (Å²) >= 11 is 0. The Kier molecular flexibility index (Phi) is 5.86. The molecule has 2 atom stereocenters. The topological polar surface area (TPSA) is 29.9 Å². The number of nitrogens with zero attached hydrogens (tertiary/aromatic N) is 2. The fraction of sp³-hybridized carbons (Fsp3) is 0.800. The number of likely N-dealkylation sites (N-methyl/N-ethyl adjacent to an activating group) is 1. The Morgan fingerprint density at radius 2 is 1.94 bits per heavy atom. The van der Waals surface area contributed by atoms with Crippen LogP contribution in [0.5, 0.6) is 0 Å². The Hall–Kier alpha value is -0.830. The number of aryl methyl sites for hydroxylation is 2. The van der Waals surface area contributed by atoms with Crippen molar-refractivity contribution in [3.8, 4) is 0 Å². The summed E-state index contributed by atoms with van der Waals surface area (Å²) in [6, 6.07) is 2.78. The molecule has 1 heterocycles. The molecule has 1 N–H and O–H groups in total. The average Bonchev–Trinajstić information content (AvgIpc) is 2.68. The van der Waals surface area contributed by atoms with Crippen LogP contribution in [-0.4, -0.2) is 22.4 Å². The maximum absolute atomic E-state index is 4.54. The Bertz CT molecular complexity index is 355. The van der Waals surface area contributed by atoms with Crippen molar-refractivity contribution >= 4 is 0 Å². The highest BCUT2D eigenvalue weighted by Gasteiger charge is 2.21. The molecule has 0 fully saturated rings. The van der Waals surface area contributed by atoms with Crippen LogP contribution in [0, 0.1) is 11.8 Å². The first-order chi connectivity index (χ1) is 8.49. The highest BCUT2D eigenvalue weighted by molar-refractivity contribution is 5.12. The molecule has 0 bridgehead atoms. The van der Waals surface area contributed by atoms with Gasteiger partial charge in [0, 0.05) is 25.2 Å². The predicted molar refractivity (Wildman–Crippen MR) is 77.8 cm³/mol. The molecule has 1 aromatic heterocycles. The number of hydrogen-bond donors (Lipinski definition) is 1. The molecule has 18 heavy (non-hydrogen) atoms. The Labute approximate surface area is 112 Å². The van der Waals surface area contributed by atoms with E-state index in [1.807, 2.05) is 4.68 Å². The van der Waals surface area contributed by atoms with Gasteiger partial charge < -0.3 is 5.32 Å². The molecule has 3 heteroatoms. The fourth-order valence-corrected chi connectivity index (χ4v) is 2.33. The van der Waals surface area contributed by atoms with Crippen LogP contribution in [0.4, 0.5) is 0 Å². The molecule has 0 aliphatic heterocycles. The third-order valence-corrected chi connectivity index (χ3v) is 3.97. The SMILES string of the molecule is CCNC(Cc1cc(CC)nn1C)C(C)C(C)C. The lowest BCUT2D eigenvalue weighted by Gasteiger charge is -2.27. The normalized spacial score (nSPS) is 15.1. The Balaban J connectivity index is 2.78. The van der Waals surface area contributed by atoms with E-state index in [2.05, 4.69) is 58.1 Å². The molecule has 0 aromatic carbocycles. The van der Waals surface area contributed by atoms with Crippen LogP contribution in [0.2, 0.25) is 0 Å². The predicted octanol–water partition coefficient (Wildman–Crippen LogP) is 2.80. The number of hydrogen-bond acceptors (Lipinski definition) is 2. The van der Waals surface area contributed by atoms with Gasteiger partial charge in [0.2, 0.25) is 0 Å². The molecule has 3 nitrogen and oxygen atoms in total. The third-order valence-electron chi connectivity index (χ3n) is 3.97. The summed E-state index contributed by atoms with van der Waals surface area (Å²) in [5, 5.41) is 8.16. The van der Waals surface area contributed by atoms with Gasteiger partial charge in [-0.3, -0.25) is 4.68 Å². The van der Waals surface area contributed by atoms with Crippen molar-refractivity contribution in [1.29, 1.82) is 0 Å². The van der Waals surface area contributed by atoms with Gasteiger partial charge in [0.15, 0.2) is 0 Å². The largest absolute Gasteiger partial charge is 0.314 e. The monoisotopic (exact) mass is 251 g/mol. The van der Waals surface area contributed by atoms with Crippen molar-refractivity contribution in [3.63, 3.8) is 0 Å². The summed E-state index contributed by atoms with van der Waals surface area (Å²) in [6.45, 7) is 12.3. The zero-order valence-corrected chi connectivity index (χ0v) is 12.8. The van der Waals surface area contributed by atoms with E-state index in [4.69, 9.17) is 0 Å². The summed E-state index contributed by atoms with van der Waals surface area (Å²) in [4.78, 5) is 0. The molecule has 0 radical (unpaired) electrons. The van der Waals surface area contributed by atoms with E-state index in [0.717, 1.165) is 19.4 Å². The molecule has 104 valence electrons. The van der Waals surface area contributed by atoms with Crippen molar-refractivity contribution in [2.45, 2.75) is 53.5 Å². The lowest BCUT2D eigenvalue weighted by molar-refractivity contribution is 0.297. The highest BCUT2D eigenvalue weighted by Crippen LogP contribution is 2.18. The van der Waals surface area contributed by atoms with E-state index in [9.17, 15) is 0 Å². The minimum atomic E-state index is 0.537. The minimum Gasteiger partial charge on any atom is -0.314 e. The fourth-order valence-electron chi connectivity index (χ4n) is 2.33. The first-order valence-electron chi connectivity index (χ1n) is 7.24. The zero-order valence-electron chi connectivity index (χ0n) is 12.8. The standard InChI is InChI=1S/C15H29N3/c1-7-13-9-14(18(6)17-13)10-15(16-8-2)12(5)11(3)4/h9,11-12,15-16H,7-8,10H2,1-6H3. The first-order valence-corrected chi connectivity index (χ1v) is 7.24. The number of nitrogens with one attached hydrogen (secondary N) is 1. The van der Waals surface area contributed by atoms with Gasteiger partial charge >= 0.3 is 0 Å². The maximum Gasteiger partial charge on any atom is 0.0624 e. The molecule has 0 aliphatic rings. The van der Waals surface area contributed by atoms with Gasteiger partial charge in [-0.1, -0.05) is 34.6 Å². The molecule has 1 aromatic rings. The van der Waals surface area contributed by atoms with Gasteiger partial charge in [0.05, 0.1) is 5.69 Å². The van der Waals surface area contributed by atoms with Crippen molar-refractivity contribution in [2.75, 3.05) is 6.54 Å². The molecular weight excluding hydrogens is 222 g/mol. The highest BCUT2D eigenvalue weighted by atomic mass is 15.3. The summed E-state index contributed by atoms with van der Waals surface area (Å²) in [5.41, 5.74) is 2.53. The average molecular weight is 251 g/mol. The van der Waals surface area contributed by atoms with Crippen molar-refractivity contribution in [2.24, 2.45) is 18.9 Å². The molecule has 0 saturated heterocycles. The lowest BCUT2D eigenvalue weighted by Crippen LogP contribution is -2.39. The number of aromatic nitrogens is 2. The van der Waals surface area contributed by atoms with Crippen molar-refractivity contribution in [3.05, 3.63) is 17.5 Å².